The monoisotopic (exact) mass is 292 g/mol. The second kappa shape index (κ2) is 8.03. The van der Waals surface area contributed by atoms with Crippen LogP contribution in [0.25, 0.3) is 0 Å². The molecule has 118 valence electrons. The Morgan fingerprint density at radius 2 is 2.10 bits per heavy atom. The average molecular weight is 292 g/mol. The Balaban J connectivity index is 2.39. The maximum absolute atomic E-state index is 12.0. The molecule has 0 radical (unpaired) electrons. The molecule has 1 aromatic rings. The molecule has 0 spiro atoms. The van der Waals surface area contributed by atoms with Crippen molar-refractivity contribution in [1.29, 1.82) is 0 Å². The Morgan fingerprint density at radius 3 is 2.67 bits per heavy atom. The molecule has 1 rings (SSSR count). The smallest absolute Gasteiger partial charge is 0.223 e. The van der Waals surface area contributed by atoms with Gasteiger partial charge < -0.3 is 15.8 Å². The van der Waals surface area contributed by atoms with Gasteiger partial charge in [-0.1, -0.05) is 32.9 Å². The highest BCUT2D eigenvalue weighted by Crippen LogP contribution is 2.21. The molecule has 0 aliphatic rings. The average Bonchev–Trinajstić information content (AvgIpc) is 2.37. The molecule has 0 aliphatic heterocycles. The molecule has 0 fully saturated rings. The summed E-state index contributed by atoms with van der Waals surface area (Å²) in [4.78, 5) is 12.0. The van der Waals surface area contributed by atoms with Gasteiger partial charge in [-0.2, -0.15) is 0 Å². The van der Waals surface area contributed by atoms with Crippen LogP contribution >= 0.6 is 0 Å². The van der Waals surface area contributed by atoms with E-state index in [9.17, 15) is 4.79 Å². The van der Waals surface area contributed by atoms with E-state index in [0.717, 1.165) is 17.7 Å². The minimum absolute atomic E-state index is 0.00638. The highest BCUT2D eigenvalue weighted by atomic mass is 16.5. The molecule has 1 unspecified atom stereocenters. The van der Waals surface area contributed by atoms with Gasteiger partial charge in [0.2, 0.25) is 5.91 Å². The minimum Gasteiger partial charge on any atom is -0.493 e. The summed E-state index contributed by atoms with van der Waals surface area (Å²) in [6, 6.07) is 7.91. The zero-order valence-electron chi connectivity index (χ0n) is 13.6. The Bertz CT molecular complexity index is 452. The van der Waals surface area contributed by atoms with Crippen molar-refractivity contribution in [3.63, 3.8) is 0 Å². The van der Waals surface area contributed by atoms with E-state index in [1.165, 1.54) is 0 Å². The van der Waals surface area contributed by atoms with Gasteiger partial charge in [0, 0.05) is 6.04 Å². The number of ether oxygens (including phenoxy) is 1. The van der Waals surface area contributed by atoms with E-state index in [0.29, 0.717) is 19.6 Å². The van der Waals surface area contributed by atoms with Gasteiger partial charge in [0.05, 0.1) is 13.0 Å². The number of nitrogens with two attached hydrogens (primary N) is 1. The van der Waals surface area contributed by atoms with Crippen LogP contribution in [0.2, 0.25) is 0 Å². The summed E-state index contributed by atoms with van der Waals surface area (Å²) in [7, 11) is 0. The molecule has 21 heavy (non-hydrogen) atoms. The molecule has 4 heteroatoms. The lowest BCUT2D eigenvalue weighted by Gasteiger charge is -2.31. The number of hydrogen-bond acceptors (Lipinski definition) is 3. The van der Waals surface area contributed by atoms with Crippen molar-refractivity contribution in [2.75, 3.05) is 13.2 Å². The first-order valence-electron chi connectivity index (χ1n) is 7.52. The van der Waals surface area contributed by atoms with Crippen molar-refractivity contribution in [2.24, 2.45) is 11.1 Å². The minimum atomic E-state index is 0.00638. The largest absolute Gasteiger partial charge is 0.493 e. The zero-order valence-corrected chi connectivity index (χ0v) is 13.6. The van der Waals surface area contributed by atoms with Crippen molar-refractivity contribution in [3.05, 3.63) is 29.8 Å². The Kier molecular flexibility index (Phi) is 6.69. The summed E-state index contributed by atoms with van der Waals surface area (Å²) in [6.07, 6.45) is 1.14. The first-order valence-corrected chi connectivity index (χ1v) is 7.52. The lowest BCUT2D eigenvalue weighted by atomic mass is 9.84. The van der Waals surface area contributed by atoms with Crippen molar-refractivity contribution in [1.82, 2.24) is 5.32 Å². The van der Waals surface area contributed by atoms with E-state index in [-0.39, 0.29) is 17.4 Å². The Labute approximate surface area is 128 Å². The predicted octanol–water partition coefficient (Wildman–Crippen LogP) is 2.64. The van der Waals surface area contributed by atoms with Crippen molar-refractivity contribution >= 4 is 5.91 Å². The molecule has 0 aliphatic carbocycles. The van der Waals surface area contributed by atoms with Crippen LogP contribution in [-0.4, -0.2) is 25.1 Å². The van der Waals surface area contributed by atoms with E-state index in [2.05, 4.69) is 26.1 Å². The number of carbonyl (C=O) groups is 1. The first-order chi connectivity index (χ1) is 9.82. The van der Waals surface area contributed by atoms with Crippen molar-refractivity contribution < 1.29 is 9.53 Å². The fourth-order valence-electron chi connectivity index (χ4n) is 2.12. The number of benzene rings is 1. The third-order valence-electron chi connectivity index (χ3n) is 3.42. The van der Waals surface area contributed by atoms with Crippen LogP contribution in [0.15, 0.2) is 24.3 Å². The van der Waals surface area contributed by atoms with Gasteiger partial charge in [-0.3, -0.25) is 4.79 Å². The van der Waals surface area contributed by atoms with Gasteiger partial charge in [0.1, 0.15) is 5.75 Å². The summed E-state index contributed by atoms with van der Waals surface area (Å²) in [5.41, 5.74) is 6.77. The number of aryl methyl sites for hydroxylation is 1. The van der Waals surface area contributed by atoms with E-state index in [1.807, 2.05) is 31.2 Å². The normalized spacial score (nSPS) is 12.8. The quantitative estimate of drug-likeness (QED) is 0.812. The predicted molar refractivity (Wildman–Crippen MR) is 86.3 cm³/mol. The SMILES string of the molecule is Cc1cccc(OCCC(=O)NC(CCN)C(C)(C)C)c1. The standard InChI is InChI=1S/C17H28N2O2/c1-13-6-5-7-14(12-13)21-11-9-16(20)19-15(8-10-18)17(2,3)4/h5-7,12,15H,8-11,18H2,1-4H3,(H,19,20). The summed E-state index contributed by atoms with van der Waals surface area (Å²) in [5.74, 6) is 0.813. The highest BCUT2D eigenvalue weighted by molar-refractivity contribution is 5.76. The number of hydrogen-bond donors (Lipinski definition) is 2. The molecule has 1 atom stereocenters. The van der Waals surface area contributed by atoms with Crippen LogP contribution in [0.4, 0.5) is 0 Å². The number of rotatable bonds is 7. The maximum Gasteiger partial charge on any atom is 0.223 e. The second-order valence-electron chi connectivity index (χ2n) is 6.48. The molecule has 0 saturated heterocycles. The van der Waals surface area contributed by atoms with Crippen LogP contribution in [0.5, 0.6) is 5.75 Å². The molecule has 3 N–H and O–H groups in total. The molecule has 0 saturated carbocycles. The molecule has 0 aromatic heterocycles. The number of amides is 1. The fraction of sp³-hybridized carbons (Fsp3) is 0.588. The third-order valence-corrected chi connectivity index (χ3v) is 3.42. The highest BCUT2D eigenvalue weighted by Gasteiger charge is 2.25. The van der Waals surface area contributed by atoms with E-state index in [1.54, 1.807) is 0 Å². The third kappa shape index (κ3) is 6.63. The summed E-state index contributed by atoms with van der Waals surface area (Å²) >= 11 is 0. The van der Waals surface area contributed by atoms with E-state index < -0.39 is 0 Å². The van der Waals surface area contributed by atoms with Crippen LogP contribution in [-0.2, 0) is 4.79 Å². The summed E-state index contributed by atoms with van der Waals surface area (Å²) in [5, 5.41) is 3.06. The van der Waals surface area contributed by atoms with Gasteiger partial charge in [-0.15, -0.1) is 0 Å². The van der Waals surface area contributed by atoms with Crippen LogP contribution in [0, 0.1) is 12.3 Å². The first kappa shape index (κ1) is 17.5. The maximum atomic E-state index is 12.0. The molecule has 4 nitrogen and oxygen atoms in total. The topological polar surface area (TPSA) is 64.3 Å². The summed E-state index contributed by atoms with van der Waals surface area (Å²) < 4.78 is 5.60. The van der Waals surface area contributed by atoms with Crippen LogP contribution in [0.3, 0.4) is 0 Å². The molecule has 1 aromatic carbocycles. The lowest BCUT2D eigenvalue weighted by molar-refractivity contribution is -0.123. The van der Waals surface area contributed by atoms with Crippen molar-refractivity contribution in [3.8, 4) is 5.75 Å². The van der Waals surface area contributed by atoms with Crippen LogP contribution < -0.4 is 15.8 Å². The number of carbonyl (C=O) groups excluding carboxylic acids is 1. The van der Waals surface area contributed by atoms with Crippen LogP contribution in [0.1, 0.15) is 39.2 Å². The Hall–Kier alpha value is -1.55. The lowest BCUT2D eigenvalue weighted by Crippen LogP contribution is -2.45. The molecular formula is C17H28N2O2. The van der Waals surface area contributed by atoms with Gasteiger partial charge in [-0.05, 0) is 43.0 Å². The van der Waals surface area contributed by atoms with E-state index >= 15 is 0 Å². The molecule has 0 bridgehead atoms. The van der Waals surface area contributed by atoms with Crippen molar-refractivity contribution in [2.45, 2.75) is 46.6 Å². The molecule has 1 amide bonds. The van der Waals surface area contributed by atoms with Gasteiger partial charge in [0.25, 0.3) is 0 Å². The number of nitrogens with one attached hydrogen (secondary N) is 1. The molecular weight excluding hydrogens is 264 g/mol. The van der Waals surface area contributed by atoms with Gasteiger partial charge >= 0.3 is 0 Å². The second-order valence-corrected chi connectivity index (χ2v) is 6.48. The summed E-state index contributed by atoms with van der Waals surface area (Å²) in [6.45, 7) is 9.29. The van der Waals surface area contributed by atoms with Gasteiger partial charge in [-0.25, -0.2) is 0 Å². The molecule has 0 heterocycles. The van der Waals surface area contributed by atoms with Gasteiger partial charge in [0.15, 0.2) is 0 Å². The van der Waals surface area contributed by atoms with E-state index in [4.69, 9.17) is 10.5 Å². The Morgan fingerprint density at radius 1 is 1.38 bits per heavy atom. The zero-order chi connectivity index (χ0) is 15.9. The fourth-order valence-corrected chi connectivity index (χ4v) is 2.12.